The van der Waals surface area contributed by atoms with Gasteiger partial charge in [-0.05, 0) is 30.3 Å². The number of aromatic nitrogens is 1. The summed E-state index contributed by atoms with van der Waals surface area (Å²) in [5.41, 5.74) is 1.31. The Labute approximate surface area is 170 Å². The number of nitrogens with one attached hydrogen (secondary N) is 1. The number of amides is 1. The summed E-state index contributed by atoms with van der Waals surface area (Å²) in [6.07, 6.45) is 0. The van der Waals surface area contributed by atoms with Gasteiger partial charge >= 0.3 is 5.97 Å². The number of aromatic hydroxyl groups is 1. The summed E-state index contributed by atoms with van der Waals surface area (Å²) in [6.45, 7) is -0.509. The standard InChI is InChI=1S/C20H18N2O6S/c1-26-12-7-8-17(27-2)14(9-12)15-11-29-20(21-15)22-18(24)10-28-19(25)13-5-3-4-6-16(13)23/h3-9,11,23H,10H2,1-2H3,(H,21,22,24). The molecule has 0 bridgehead atoms. The van der Waals surface area contributed by atoms with Crippen molar-refractivity contribution >= 4 is 28.3 Å². The summed E-state index contributed by atoms with van der Waals surface area (Å²) in [5, 5.41) is 14.3. The first-order chi connectivity index (χ1) is 14.0. The van der Waals surface area contributed by atoms with Crippen LogP contribution in [0.15, 0.2) is 47.8 Å². The molecule has 1 amide bonds. The number of phenols is 1. The smallest absolute Gasteiger partial charge is 0.342 e. The number of hydrogen-bond donors (Lipinski definition) is 2. The van der Waals surface area contributed by atoms with Crippen LogP contribution in [0.3, 0.4) is 0 Å². The average Bonchev–Trinajstić information content (AvgIpc) is 3.20. The number of para-hydroxylation sites is 1. The minimum atomic E-state index is -0.792. The third-order valence-electron chi connectivity index (χ3n) is 3.89. The highest BCUT2D eigenvalue weighted by Crippen LogP contribution is 2.35. The van der Waals surface area contributed by atoms with Gasteiger partial charge in [0.05, 0.1) is 19.9 Å². The second kappa shape index (κ2) is 9.07. The minimum absolute atomic E-state index is 0.0121. The van der Waals surface area contributed by atoms with Crippen molar-refractivity contribution in [3.05, 3.63) is 53.4 Å². The number of benzene rings is 2. The number of phenolic OH excluding ortho intramolecular Hbond substituents is 1. The molecule has 0 atom stereocenters. The van der Waals surface area contributed by atoms with E-state index in [0.717, 1.165) is 5.56 Å². The lowest BCUT2D eigenvalue weighted by Gasteiger charge is -2.08. The Kier molecular flexibility index (Phi) is 6.30. The Bertz CT molecular complexity index is 1030. The van der Waals surface area contributed by atoms with Gasteiger partial charge in [0.1, 0.15) is 22.8 Å². The molecule has 9 heteroatoms. The molecule has 0 saturated heterocycles. The van der Waals surface area contributed by atoms with Crippen LogP contribution < -0.4 is 14.8 Å². The topological polar surface area (TPSA) is 107 Å². The van der Waals surface area contributed by atoms with Crippen LogP contribution in [0.25, 0.3) is 11.3 Å². The zero-order valence-corrected chi connectivity index (χ0v) is 16.5. The maximum absolute atomic E-state index is 12.1. The number of nitrogens with zero attached hydrogens (tertiary/aromatic N) is 1. The number of esters is 1. The Balaban J connectivity index is 1.64. The van der Waals surface area contributed by atoms with E-state index in [1.165, 1.54) is 23.5 Å². The van der Waals surface area contributed by atoms with Crippen molar-refractivity contribution < 1.29 is 28.9 Å². The van der Waals surface area contributed by atoms with E-state index in [9.17, 15) is 14.7 Å². The summed E-state index contributed by atoms with van der Waals surface area (Å²) in [4.78, 5) is 28.4. The number of anilines is 1. The summed E-state index contributed by atoms with van der Waals surface area (Å²) in [7, 11) is 3.12. The molecule has 0 radical (unpaired) electrons. The van der Waals surface area contributed by atoms with Crippen LogP contribution in [-0.4, -0.2) is 42.8 Å². The third-order valence-corrected chi connectivity index (χ3v) is 4.65. The lowest BCUT2D eigenvalue weighted by atomic mass is 10.1. The molecule has 0 aliphatic carbocycles. The Hall–Kier alpha value is -3.59. The number of ether oxygens (including phenoxy) is 3. The van der Waals surface area contributed by atoms with Crippen molar-refractivity contribution in [1.82, 2.24) is 4.98 Å². The van der Waals surface area contributed by atoms with Gasteiger partial charge < -0.3 is 19.3 Å². The Morgan fingerprint density at radius 3 is 2.66 bits per heavy atom. The molecule has 2 aromatic carbocycles. The van der Waals surface area contributed by atoms with E-state index in [-0.39, 0.29) is 11.3 Å². The highest BCUT2D eigenvalue weighted by molar-refractivity contribution is 7.14. The molecule has 0 unspecified atom stereocenters. The van der Waals surface area contributed by atoms with Crippen LogP contribution >= 0.6 is 11.3 Å². The molecule has 0 aliphatic rings. The van der Waals surface area contributed by atoms with Gasteiger partial charge in [-0.15, -0.1) is 11.3 Å². The summed E-state index contributed by atoms with van der Waals surface area (Å²) < 4.78 is 15.5. The van der Waals surface area contributed by atoms with Crippen LogP contribution in [0.5, 0.6) is 17.2 Å². The van der Waals surface area contributed by atoms with Crippen LogP contribution in [0.1, 0.15) is 10.4 Å². The molecule has 1 aromatic heterocycles. The fraction of sp³-hybridized carbons (Fsp3) is 0.150. The van der Waals surface area contributed by atoms with Gasteiger partial charge in [0.15, 0.2) is 11.7 Å². The van der Waals surface area contributed by atoms with E-state index in [2.05, 4.69) is 10.3 Å². The normalized spacial score (nSPS) is 10.3. The minimum Gasteiger partial charge on any atom is -0.507 e. The lowest BCUT2D eigenvalue weighted by molar-refractivity contribution is -0.119. The molecular formula is C20H18N2O6S. The van der Waals surface area contributed by atoms with Gasteiger partial charge in [-0.1, -0.05) is 12.1 Å². The first kappa shape index (κ1) is 20.2. The van der Waals surface area contributed by atoms with E-state index in [0.29, 0.717) is 22.3 Å². The summed E-state index contributed by atoms with van der Waals surface area (Å²) >= 11 is 1.22. The van der Waals surface area contributed by atoms with Crippen LogP contribution in [0.4, 0.5) is 5.13 Å². The molecule has 0 saturated carbocycles. The second-order valence-electron chi connectivity index (χ2n) is 5.75. The van der Waals surface area contributed by atoms with E-state index >= 15 is 0 Å². The number of hydrogen-bond acceptors (Lipinski definition) is 8. The van der Waals surface area contributed by atoms with Crippen LogP contribution in [0, 0.1) is 0 Å². The Morgan fingerprint density at radius 2 is 1.93 bits per heavy atom. The van der Waals surface area contributed by atoms with Crippen LogP contribution in [0.2, 0.25) is 0 Å². The van der Waals surface area contributed by atoms with E-state index < -0.39 is 18.5 Å². The van der Waals surface area contributed by atoms with Gasteiger partial charge in [0.2, 0.25) is 0 Å². The molecule has 3 aromatic rings. The second-order valence-corrected chi connectivity index (χ2v) is 6.60. The van der Waals surface area contributed by atoms with E-state index in [4.69, 9.17) is 14.2 Å². The number of carbonyl (C=O) groups is 2. The fourth-order valence-corrected chi connectivity index (χ4v) is 3.21. The van der Waals surface area contributed by atoms with Gasteiger partial charge in [-0.3, -0.25) is 10.1 Å². The lowest BCUT2D eigenvalue weighted by Crippen LogP contribution is -2.20. The number of rotatable bonds is 7. The zero-order chi connectivity index (χ0) is 20.8. The Morgan fingerprint density at radius 1 is 1.14 bits per heavy atom. The molecule has 8 nitrogen and oxygen atoms in total. The maximum atomic E-state index is 12.1. The van der Waals surface area contributed by atoms with Crippen molar-refractivity contribution in [3.8, 4) is 28.5 Å². The summed E-state index contributed by atoms with van der Waals surface area (Å²) in [6, 6.07) is 11.3. The fourth-order valence-electron chi connectivity index (χ4n) is 2.48. The summed E-state index contributed by atoms with van der Waals surface area (Å²) in [5.74, 6) is -0.290. The van der Waals surface area contributed by atoms with Crippen molar-refractivity contribution in [2.24, 2.45) is 0 Å². The number of thiazole rings is 1. The molecule has 1 heterocycles. The van der Waals surface area contributed by atoms with E-state index in [1.54, 1.807) is 49.9 Å². The molecule has 150 valence electrons. The molecule has 0 aliphatic heterocycles. The predicted molar refractivity (Wildman–Crippen MR) is 108 cm³/mol. The SMILES string of the molecule is COc1ccc(OC)c(-c2csc(NC(=O)COC(=O)c3ccccc3O)n2)c1. The van der Waals surface area contributed by atoms with Crippen molar-refractivity contribution in [2.45, 2.75) is 0 Å². The van der Waals surface area contributed by atoms with Gasteiger partial charge in [-0.25, -0.2) is 9.78 Å². The highest BCUT2D eigenvalue weighted by atomic mass is 32.1. The van der Waals surface area contributed by atoms with Crippen LogP contribution in [-0.2, 0) is 9.53 Å². The molecule has 2 N–H and O–H groups in total. The number of methoxy groups -OCH3 is 2. The first-order valence-corrected chi connectivity index (χ1v) is 9.32. The van der Waals surface area contributed by atoms with Gasteiger partial charge in [-0.2, -0.15) is 0 Å². The first-order valence-electron chi connectivity index (χ1n) is 8.44. The van der Waals surface area contributed by atoms with Crippen molar-refractivity contribution in [2.75, 3.05) is 26.1 Å². The predicted octanol–water partition coefficient (Wildman–Crippen LogP) is 3.33. The monoisotopic (exact) mass is 414 g/mol. The maximum Gasteiger partial charge on any atom is 0.342 e. The van der Waals surface area contributed by atoms with Gasteiger partial charge in [0, 0.05) is 10.9 Å². The number of carbonyl (C=O) groups excluding carboxylic acids is 2. The average molecular weight is 414 g/mol. The molecule has 29 heavy (non-hydrogen) atoms. The zero-order valence-electron chi connectivity index (χ0n) is 15.7. The molecule has 3 rings (SSSR count). The quantitative estimate of drug-likeness (QED) is 0.571. The van der Waals surface area contributed by atoms with Gasteiger partial charge in [0.25, 0.3) is 5.91 Å². The van der Waals surface area contributed by atoms with Crippen molar-refractivity contribution in [1.29, 1.82) is 0 Å². The molecule has 0 fully saturated rings. The van der Waals surface area contributed by atoms with E-state index in [1.807, 2.05) is 0 Å². The highest BCUT2D eigenvalue weighted by Gasteiger charge is 2.16. The molecule has 0 spiro atoms. The van der Waals surface area contributed by atoms with Crippen molar-refractivity contribution in [3.63, 3.8) is 0 Å². The third kappa shape index (κ3) is 4.82. The largest absolute Gasteiger partial charge is 0.507 e. The molecular weight excluding hydrogens is 396 g/mol.